The van der Waals surface area contributed by atoms with Crippen molar-refractivity contribution >= 4 is 28.0 Å². The zero-order chi connectivity index (χ0) is 18.1. The molecule has 3 aromatic heterocycles. The van der Waals surface area contributed by atoms with Gasteiger partial charge in [0.2, 0.25) is 0 Å². The van der Waals surface area contributed by atoms with Crippen molar-refractivity contribution in [3.63, 3.8) is 0 Å². The van der Waals surface area contributed by atoms with E-state index in [1.54, 1.807) is 18.7 Å². The zero-order valence-corrected chi connectivity index (χ0v) is 15.4. The molecule has 8 nitrogen and oxygen atoms in total. The van der Waals surface area contributed by atoms with Crippen molar-refractivity contribution in [3.8, 4) is 6.01 Å². The van der Waals surface area contributed by atoms with Gasteiger partial charge in [0.25, 0.3) is 0 Å². The van der Waals surface area contributed by atoms with Crippen molar-refractivity contribution in [2.24, 2.45) is 5.92 Å². The summed E-state index contributed by atoms with van der Waals surface area (Å²) >= 11 is -1.09. The average Bonchev–Trinajstić information content (AvgIpc) is 3.12. The minimum Gasteiger partial charge on any atom is -0.611 e. The van der Waals surface area contributed by atoms with Crippen LogP contribution in [0.1, 0.15) is 12.8 Å². The highest BCUT2D eigenvalue weighted by Gasteiger charge is 2.36. The Morgan fingerprint density at radius 1 is 1.27 bits per heavy atom. The molecule has 4 rings (SSSR count). The lowest BCUT2D eigenvalue weighted by atomic mass is 9.81. The molecule has 0 aromatic carbocycles. The van der Waals surface area contributed by atoms with Crippen LogP contribution in [0, 0.1) is 5.92 Å². The number of hydrogen-bond donors (Lipinski definition) is 1. The van der Waals surface area contributed by atoms with Gasteiger partial charge in [-0.15, -0.1) is 0 Å². The molecule has 1 aliphatic rings. The molecule has 9 heteroatoms. The van der Waals surface area contributed by atoms with Gasteiger partial charge in [0.15, 0.2) is 4.90 Å². The number of anilines is 1. The molecule has 1 saturated carbocycles. The van der Waals surface area contributed by atoms with Gasteiger partial charge in [0, 0.05) is 25.2 Å². The summed E-state index contributed by atoms with van der Waals surface area (Å²) in [6.07, 6.45) is 8.60. The fourth-order valence-electron chi connectivity index (χ4n) is 3.30. The lowest BCUT2D eigenvalue weighted by Gasteiger charge is -2.41. The van der Waals surface area contributed by atoms with Crippen molar-refractivity contribution in [2.75, 3.05) is 24.8 Å². The van der Waals surface area contributed by atoms with E-state index in [0.29, 0.717) is 22.6 Å². The number of ether oxygens (including phenoxy) is 1. The fraction of sp³-hybridized carbons (Fsp3) is 0.412. The monoisotopic (exact) mass is 372 g/mol. The lowest BCUT2D eigenvalue weighted by molar-refractivity contribution is 0.282. The van der Waals surface area contributed by atoms with Gasteiger partial charge in [-0.3, -0.25) is 0 Å². The summed E-state index contributed by atoms with van der Waals surface area (Å²) in [7, 11) is 3.57. The smallest absolute Gasteiger partial charge is 0.316 e. The van der Waals surface area contributed by atoms with Gasteiger partial charge < -0.3 is 19.2 Å². The standard InChI is InChI=1S/C17H20N6O2S/c1-23(16-14-3-4-18-15(14)21-10-22-16)12-5-11(6-12)9-26(24)13-7-19-17(25-2)20-8-13/h3-4,7-8,10-12H,5-6,9H2,1-2H3,(H,18,21,22)/t11-,12+,26?. The third-order valence-corrected chi connectivity index (χ3v) is 6.37. The van der Waals surface area contributed by atoms with Gasteiger partial charge in [-0.1, -0.05) is 0 Å². The second kappa shape index (κ2) is 7.08. The molecule has 3 heterocycles. The Labute approximate surface area is 154 Å². The van der Waals surface area contributed by atoms with Crippen molar-refractivity contribution in [2.45, 2.75) is 23.8 Å². The summed E-state index contributed by atoms with van der Waals surface area (Å²) in [4.78, 5) is 22.7. The summed E-state index contributed by atoms with van der Waals surface area (Å²) in [6, 6.07) is 2.69. The van der Waals surface area contributed by atoms with E-state index >= 15 is 0 Å². The van der Waals surface area contributed by atoms with E-state index < -0.39 is 11.2 Å². The normalized spacial score (nSPS) is 20.6. The van der Waals surface area contributed by atoms with E-state index in [1.807, 2.05) is 12.3 Å². The SMILES string of the molecule is COc1ncc([S+]([O-])C[C@H]2C[C@@H](N(C)c3ncnc4[nH]ccc34)C2)cn1. The molecule has 136 valence electrons. The highest BCUT2D eigenvalue weighted by molar-refractivity contribution is 7.91. The maximum atomic E-state index is 12.5. The molecule has 0 bridgehead atoms. The van der Waals surface area contributed by atoms with E-state index in [4.69, 9.17) is 4.74 Å². The van der Waals surface area contributed by atoms with E-state index in [0.717, 1.165) is 29.7 Å². The first-order valence-electron chi connectivity index (χ1n) is 8.41. The molecule has 1 fully saturated rings. The Morgan fingerprint density at radius 2 is 2.04 bits per heavy atom. The van der Waals surface area contributed by atoms with Crippen LogP contribution in [-0.2, 0) is 11.2 Å². The van der Waals surface area contributed by atoms with Crippen LogP contribution < -0.4 is 9.64 Å². The molecule has 0 radical (unpaired) electrons. The number of aromatic nitrogens is 5. The van der Waals surface area contributed by atoms with Gasteiger partial charge in [0.1, 0.15) is 23.5 Å². The Bertz CT molecular complexity index is 880. The van der Waals surface area contributed by atoms with E-state index in [-0.39, 0.29) is 6.01 Å². The molecule has 1 N–H and O–H groups in total. The molecule has 0 spiro atoms. The van der Waals surface area contributed by atoms with Crippen molar-refractivity contribution in [3.05, 3.63) is 31.0 Å². The van der Waals surface area contributed by atoms with Gasteiger partial charge in [-0.2, -0.15) is 9.97 Å². The summed E-state index contributed by atoms with van der Waals surface area (Å²) in [6.45, 7) is 0. The lowest BCUT2D eigenvalue weighted by Crippen LogP contribution is -2.45. The highest BCUT2D eigenvalue weighted by Crippen LogP contribution is 2.36. The van der Waals surface area contributed by atoms with Crippen LogP contribution in [0.2, 0.25) is 0 Å². The zero-order valence-electron chi connectivity index (χ0n) is 14.6. The largest absolute Gasteiger partial charge is 0.611 e. The topological polar surface area (TPSA) is 103 Å². The number of methoxy groups -OCH3 is 1. The van der Waals surface area contributed by atoms with Crippen LogP contribution in [0.4, 0.5) is 5.82 Å². The summed E-state index contributed by atoms with van der Waals surface area (Å²) in [5.41, 5.74) is 0.846. The van der Waals surface area contributed by atoms with Crippen LogP contribution in [0.3, 0.4) is 0 Å². The molecular weight excluding hydrogens is 352 g/mol. The Hall–Kier alpha value is -2.39. The highest BCUT2D eigenvalue weighted by atomic mass is 32.2. The number of nitrogens with one attached hydrogen (secondary N) is 1. The quantitative estimate of drug-likeness (QED) is 0.658. The first kappa shape index (κ1) is 17.0. The second-order valence-corrected chi connectivity index (χ2v) is 7.95. The van der Waals surface area contributed by atoms with E-state index in [1.165, 1.54) is 7.11 Å². The maximum absolute atomic E-state index is 12.5. The van der Waals surface area contributed by atoms with Gasteiger partial charge in [-0.25, -0.2) is 9.97 Å². The van der Waals surface area contributed by atoms with Crippen molar-refractivity contribution in [1.29, 1.82) is 0 Å². The minimum atomic E-state index is -1.09. The third-order valence-electron chi connectivity index (χ3n) is 4.86. The number of rotatable bonds is 6. The molecule has 0 aliphatic heterocycles. The number of hydrogen-bond acceptors (Lipinski definition) is 7. The molecule has 0 amide bonds. The molecule has 1 unspecified atom stereocenters. The fourth-order valence-corrected chi connectivity index (χ4v) is 4.54. The average molecular weight is 372 g/mol. The summed E-state index contributed by atoms with van der Waals surface area (Å²) < 4.78 is 17.4. The van der Waals surface area contributed by atoms with Crippen molar-refractivity contribution < 1.29 is 9.29 Å². The van der Waals surface area contributed by atoms with Crippen LogP contribution in [0.15, 0.2) is 35.9 Å². The predicted molar refractivity (Wildman–Crippen MR) is 98.7 cm³/mol. The van der Waals surface area contributed by atoms with E-state index in [2.05, 4.69) is 36.9 Å². The molecular formula is C17H20N6O2S. The Balaban J connectivity index is 1.35. The number of fused-ring (bicyclic) bond motifs is 1. The maximum Gasteiger partial charge on any atom is 0.316 e. The number of H-pyrrole nitrogens is 1. The van der Waals surface area contributed by atoms with Crippen LogP contribution in [-0.4, -0.2) is 55.4 Å². The molecule has 0 saturated heterocycles. The minimum absolute atomic E-state index is 0.289. The molecule has 3 aromatic rings. The number of aromatic amines is 1. The van der Waals surface area contributed by atoms with Gasteiger partial charge >= 0.3 is 6.01 Å². The molecule has 1 atom stereocenters. The van der Waals surface area contributed by atoms with Crippen molar-refractivity contribution in [1.82, 2.24) is 24.9 Å². The second-order valence-electron chi connectivity index (χ2n) is 6.46. The Morgan fingerprint density at radius 3 is 2.77 bits per heavy atom. The first-order chi connectivity index (χ1) is 12.7. The Kier molecular flexibility index (Phi) is 4.64. The summed E-state index contributed by atoms with van der Waals surface area (Å²) in [5, 5.41) is 1.03. The van der Waals surface area contributed by atoms with E-state index in [9.17, 15) is 4.55 Å². The molecule has 1 aliphatic carbocycles. The van der Waals surface area contributed by atoms with Gasteiger partial charge in [0.05, 0.1) is 24.9 Å². The van der Waals surface area contributed by atoms with Gasteiger partial charge in [-0.05, 0) is 30.1 Å². The van der Waals surface area contributed by atoms with Crippen LogP contribution in [0.5, 0.6) is 6.01 Å². The predicted octanol–water partition coefficient (Wildman–Crippen LogP) is 1.78. The third kappa shape index (κ3) is 3.19. The molecule has 26 heavy (non-hydrogen) atoms. The number of nitrogens with zero attached hydrogens (tertiary/aromatic N) is 5. The first-order valence-corrected chi connectivity index (χ1v) is 9.73. The van der Waals surface area contributed by atoms with Crippen LogP contribution >= 0.6 is 0 Å². The summed E-state index contributed by atoms with van der Waals surface area (Å²) in [5.74, 6) is 1.99. The van der Waals surface area contributed by atoms with Crippen LogP contribution in [0.25, 0.3) is 11.0 Å².